The number of halogens is 1. The summed E-state index contributed by atoms with van der Waals surface area (Å²) in [5.41, 5.74) is 1.67. The van der Waals surface area contributed by atoms with Crippen molar-refractivity contribution in [2.24, 2.45) is 0 Å². The molecule has 0 bridgehead atoms. The van der Waals surface area contributed by atoms with Crippen LogP contribution in [-0.2, 0) is 9.31 Å². The zero-order valence-electron chi connectivity index (χ0n) is 13.6. The summed E-state index contributed by atoms with van der Waals surface area (Å²) in [5.74, 6) is 0. The third-order valence-electron chi connectivity index (χ3n) is 5.02. The van der Waals surface area contributed by atoms with Crippen LogP contribution in [0.2, 0.25) is 5.02 Å². The Hall–Kier alpha value is -1.49. The third-order valence-corrected chi connectivity index (χ3v) is 5.32. The molecule has 0 spiro atoms. The standard InChI is InChI=1S/C18H18BClO3/c1-17(2)18(3,4)23-19(22-17)12-9-10-13(20)16-15(12)11-7-5-6-8-14(11)21-16/h5-10H,1-4H3. The Morgan fingerprint density at radius 3 is 2.26 bits per heavy atom. The highest BCUT2D eigenvalue weighted by Gasteiger charge is 2.52. The quantitative estimate of drug-likeness (QED) is 0.615. The van der Waals surface area contributed by atoms with Crippen molar-refractivity contribution in [2.75, 3.05) is 0 Å². The van der Waals surface area contributed by atoms with Crippen molar-refractivity contribution in [3.8, 4) is 0 Å². The Kier molecular flexibility index (Phi) is 3.12. The second-order valence-electron chi connectivity index (χ2n) is 7.03. The molecule has 0 radical (unpaired) electrons. The number of rotatable bonds is 1. The van der Waals surface area contributed by atoms with Crippen molar-refractivity contribution >= 4 is 46.1 Å². The number of hydrogen-bond acceptors (Lipinski definition) is 3. The zero-order chi connectivity index (χ0) is 16.4. The van der Waals surface area contributed by atoms with Gasteiger partial charge in [-0.25, -0.2) is 0 Å². The molecule has 23 heavy (non-hydrogen) atoms. The van der Waals surface area contributed by atoms with Gasteiger partial charge < -0.3 is 13.7 Å². The Morgan fingerprint density at radius 1 is 0.913 bits per heavy atom. The van der Waals surface area contributed by atoms with Crippen LogP contribution in [0.5, 0.6) is 0 Å². The molecule has 0 amide bonds. The van der Waals surface area contributed by atoms with Crippen LogP contribution < -0.4 is 5.46 Å². The molecule has 2 heterocycles. The largest absolute Gasteiger partial charge is 0.495 e. The summed E-state index contributed by atoms with van der Waals surface area (Å²) in [6.07, 6.45) is 0. The lowest BCUT2D eigenvalue weighted by Crippen LogP contribution is -2.41. The van der Waals surface area contributed by atoms with Crippen molar-refractivity contribution in [3.63, 3.8) is 0 Å². The molecule has 0 atom stereocenters. The van der Waals surface area contributed by atoms with E-state index in [2.05, 4.69) is 0 Å². The Labute approximate surface area is 140 Å². The molecule has 4 rings (SSSR count). The molecule has 3 nitrogen and oxygen atoms in total. The highest BCUT2D eigenvalue weighted by Crippen LogP contribution is 2.39. The van der Waals surface area contributed by atoms with Gasteiger partial charge >= 0.3 is 7.12 Å². The predicted octanol–water partition coefficient (Wildman–Crippen LogP) is 4.54. The monoisotopic (exact) mass is 328 g/mol. The van der Waals surface area contributed by atoms with Gasteiger partial charge in [0.25, 0.3) is 0 Å². The van der Waals surface area contributed by atoms with Crippen LogP contribution in [0.15, 0.2) is 40.8 Å². The second kappa shape index (κ2) is 4.76. The first-order valence-corrected chi connectivity index (χ1v) is 8.13. The molecule has 1 aliphatic rings. The maximum absolute atomic E-state index is 6.34. The lowest BCUT2D eigenvalue weighted by atomic mass is 9.76. The fraction of sp³-hybridized carbons (Fsp3) is 0.333. The summed E-state index contributed by atoms with van der Waals surface area (Å²) in [7, 11) is -0.444. The summed E-state index contributed by atoms with van der Waals surface area (Å²) >= 11 is 6.34. The number of benzene rings is 2. The van der Waals surface area contributed by atoms with Crippen molar-refractivity contribution in [1.82, 2.24) is 0 Å². The van der Waals surface area contributed by atoms with Crippen LogP contribution in [0.3, 0.4) is 0 Å². The van der Waals surface area contributed by atoms with Gasteiger partial charge in [-0.3, -0.25) is 0 Å². The fourth-order valence-electron chi connectivity index (χ4n) is 2.99. The first-order valence-electron chi connectivity index (χ1n) is 7.75. The average molecular weight is 329 g/mol. The first kappa shape index (κ1) is 15.1. The van der Waals surface area contributed by atoms with Crippen LogP contribution in [0.25, 0.3) is 21.9 Å². The van der Waals surface area contributed by atoms with E-state index in [9.17, 15) is 0 Å². The summed E-state index contributed by atoms with van der Waals surface area (Å²) < 4.78 is 18.4. The topological polar surface area (TPSA) is 31.6 Å². The van der Waals surface area contributed by atoms with Gasteiger partial charge in [0.1, 0.15) is 5.58 Å². The van der Waals surface area contributed by atoms with E-state index in [4.69, 9.17) is 25.3 Å². The summed E-state index contributed by atoms with van der Waals surface area (Å²) in [4.78, 5) is 0. The molecule has 1 aromatic heterocycles. The Morgan fingerprint density at radius 2 is 1.57 bits per heavy atom. The average Bonchev–Trinajstić information content (AvgIpc) is 2.96. The van der Waals surface area contributed by atoms with Crippen LogP contribution in [-0.4, -0.2) is 18.3 Å². The number of furan rings is 1. The van der Waals surface area contributed by atoms with E-state index in [1.54, 1.807) is 0 Å². The van der Waals surface area contributed by atoms with E-state index in [0.29, 0.717) is 10.6 Å². The minimum absolute atomic E-state index is 0.386. The van der Waals surface area contributed by atoms with Gasteiger partial charge in [0.05, 0.1) is 16.2 Å². The van der Waals surface area contributed by atoms with Gasteiger partial charge in [-0.05, 0) is 45.3 Å². The molecular formula is C18H18BClO3. The number of hydrogen-bond donors (Lipinski definition) is 0. The minimum atomic E-state index is -0.444. The van der Waals surface area contributed by atoms with Crippen molar-refractivity contribution in [2.45, 2.75) is 38.9 Å². The summed E-state index contributed by atoms with van der Waals surface area (Å²) in [6.45, 7) is 8.20. The maximum atomic E-state index is 6.34. The molecule has 1 saturated heterocycles. The van der Waals surface area contributed by atoms with E-state index in [1.807, 2.05) is 64.1 Å². The number of para-hydroxylation sites is 1. The van der Waals surface area contributed by atoms with Gasteiger partial charge in [-0.2, -0.15) is 0 Å². The van der Waals surface area contributed by atoms with Crippen LogP contribution in [0.4, 0.5) is 0 Å². The van der Waals surface area contributed by atoms with Gasteiger partial charge in [-0.15, -0.1) is 0 Å². The molecule has 5 heteroatoms. The van der Waals surface area contributed by atoms with Crippen molar-refractivity contribution < 1.29 is 13.7 Å². The molecule has 1 aliphatic heterocycles. The van der Waals surface area contributed by atoms with Gasteiger partial charge in [0.15, 0.2) is 5.58 Å². The van der Waals surface area contributed by atoms with E-state index in [0.717, 1.165) is 21.8 Å². The number of fused-ring (bicyclic) bond motifs is 3. The van der Waals surface area contributed by atoms with Crippen LogP contribution >= 0.6 is 11.6 Å². The van der Waals surface area contributed by atoms with Gasteiger partial charge in [0, 0.05) is 10.8 Å². The third kappa shape index (κ3) is 2.13. The van der Waals surface area contributed by atoms with Crippen LogP contribution in [0, 0.1) is 0 Å². The van der Waals surface area contributed by atoms with Crippen molar-refractivity contribution in [3.05, 3.63) is 41.4 Å². The maximum Gasteiger partial charge on any atom is 0.495 e. The highest BCUT2D eigenvalue weighted by atomic mass is 35.5. The molecule has 3 aromatic rings. The zero-order valence-corrected chi connectivity index (χ0v) is 14.4. The predicted molar refractivity (Wildman–Crippen MR) is 94.4 cm³/mol. The van der Waals surface area contributed by atoms with Crippen molar-refractivity contribution in [1.29, 1.82) is 0 Å². The molecule has 2 aromatic carbocycles. The summed E-state index contributed by atoms with van der Waals surface area (Å²) in [5, 5.41) is 2.58. The summed E-state index contributed by atoms with van der Waals surface area (Å²) in [6, 6.07) is 11.7. The molecule has 1 fully saturated rings. The lowest BCUT2D eigenvalue weighted by Gasteiger charge is -2.32. The first-order chi connectivity index (χ1) is 10.8. The molecule has 0 saturated carbocycles. The smallest absolute Gasteiger partial charge is 0.455 e. The lowest BCUT2D eigenvalue weighted by molar-refractivity contribution is 0.00578. The molecule has 0 unspecified atom stereocenters. The van der Waals surface area contributed by atoms with Gasteiger partial charge in [0.2, 0.25) is 0 Å². The molecule has 0 aliphatic carbocycles. The molecule has 118 valence electrons. The van der Waals surface area contributed by atoms with E-state index in [-0.39, 0.29) is 11.2 Å². The highest BCUT2D eigenvalue weighted by molar-refractivity contribution is 6.66. The molecule has 0 N–H and O–H groups in total. The van der Waals surface area contributed by atoms with Crippen LogP contribution in [0.1, 0.15) is 27.7 Å². The minimum Gasteiger partial charge on any atom is -0.455 e. The second-order valence-corrected chi connectivity index (χ2v) is 7.43. The SMILES string of the molecule is CC1(C)OB(c2ccc(Cl)c3oc4ccccc4c23)OC1(C)C. The van der Waals surface area contributed by atoms with Gasteiger partial charge in [-0.1, -0.05) is 35.9 Å². The van der Waals surface area contributed by atoms with E-state index >= 15 is 0 Å². The normalized spacial score (nSPS) is 19.8. The Bertz CT molecular complexity index is 897. The van der Waals surface area contributed by atoms with E-state index in [1.165, 1.54) is 0 Å². The molecular weight excluding hydrogens is 310 g/mol. The van der Waals surface area contributed by atoms with E-state index < -0.39 is 7.12 Å². The Balaban J connectivity index is 1.97. The fourth-order valence-corrected chi connectivity index (χ4v) is 3.18.